The number of carboxylic acids is 1. The zero-order valence-corrected chi connectivity index (χ0v) is 14.2. The van der Waals surface area contributed by atoms with E-state index in [9.17, 15) is 14.4 Å². The Bertz CT molecular complexity index is 727. The van der Waals surface area contributed by atoms with E-state index in [2.05, 4.69) is 4.98 Å². The summed E-state index contributed by atoms with van der Waals surface area (Å²) in [4.78, 5) is 40.4. The lowest BCUT2D eigenvalue weighted by molar-refractivity contribution is -0.140. The van der Waals surface area contributed by atoms with Crippen LogP contribution >= 0.6 is 35.3 Å². The molecule has 1 aliphatic rings. The van der Waals surface area contributed by atoms with Gasteiger partial charge in [-0.05, 0) is 6.92 Å². The maximum absolute atomic E-state index is 12.4. The molecular weight excluding hydrogens is 362 g/mol. The zero-order chi connectivity index (χ0) is 17.1. The summed E-state index contributed by atoms with van der Waals surface area (Å²) in [5.74, 6) is -2.62. The minimum absolute atomic E-state index is 0.0139. The van der Waals surface area contributed by atoms with Gasteiger partial charge in [-0.3, -0.25) is 14.5 Å². The van der Waals surface area contributed by atoms with E-state index in [0.29, 0.717) is 0 Å². The van der Waals surface area contributed by atoms with Crippen molar-refractivity contribution in [3.63, 3.8) is 0 Å². The van der Waals surface area contributed by atoms with Crippen LogP contribution in [-0.4, -0.2) is 50.3 Å². The normalized spacial score (nSPS) is 16.7. The van der Waals surface area contributed by atoms with Gasteiger partial charge >= 0.3 is 11.9 Å². The van der Waals surface area contributed by atoms with Crippen molar-refractivity contribution in [2.24, 2.45) is 0 Å². The first-order chi connectivity index (χ1) is 10.8. The highest BCUT2D eigenvalue weighted by Gasteiger charge is 2.38. The summed E-state index contributed by atoms with van der Waals surface area (Å²) in [5.41, 5.74) is 5.70. The topological polar surface area (TPSA) is 123 Å². The van der Waals surface area contributed by atoms with Crippen molar-refractivity contribution in [3.05, 3.63) is 16.0 Å². The number of hydrogen-bond donors (Lipinski definition) is 2. The molecule has 2 rings (SSSR count). The summed E-state index contributed by atoms with van der Waals surface area (Å²) in [6.45, 7) is 1.15. The number of nitrogens with zero attached hydrogens (tertiary/aromatic N) is 2. The number of ether oxygens (including phenoxy) is 1. The molecule has 1 aromatic heterocycles. The van der Waals surface area contributed by atoms with Gasteiger partial charge in [0.05, 0.1) is 17.2 Å². The van der Waals surface area contributed by atoms with Crippen LogP contribution in [0.2, 0.25) is 0 Å². The van der Waals surface area contributed by atoms with Crippen LogP contribution in [0.3, 0.4) is 0 Å². The van der Waals surface area contributed by atoms with Gasteiger partial charge < -0.3 is 15.6 Å². The summed E-state index contributed by atoms with van der Waals surface area (Å²) in [7, 11) is 0. The number of thiazole rings is 1. The Morgan fingerprint density at radius 2 is 2.22 bits per heavy atom. The van der Waals surface area contributed by atoms with Crippen molar-refractivity contribution in [1.82, 2.24) is 9.88 Å². The van der Waals surface area contributed by atoms with Crippen molar-refractivity contribution in [1.29, 1.82) is 0 Å². The Morgan fingerprint density at radius 3 is 2.74 bits per heavy atom. The molecule has 0 saturated carbocycles. The maximum atomic E-state index is 12.4. The largest absolute Gasteiger partial charge is 0.480 e. The number of aromatic nitrogens is 1. The van der Waals surface area contributed by atoms with Crippen LogP contribution in [0.15, 0.2) is 10.3 Å². The third-order valence-electron chi connectivity index (χ3n) is 2.63. The van der Waals surface area contributed by atoms with E-state index in [1.165, 1.54) is 5.38 Å². The Labute approximate surface area is 144 Å². The lowest BCUT2D eigenvalue weighted by atomic mass is 10.2. The molecule has 11 heteroatoms. The van der Waals surface area contributed by atoms with E-state index in [1.807, 2.05) is 0 Å². The standard InChI is InChI=1S/C12H11N3O5S3/c1-2-20-10(19)7(5-4-22-11(13)14-5)8-9(18)15(3-6(16)17)12(21)23-8/h4H,2-3H2,1H3,(H2,13,14)(H,16,17)/b8-7+. The summed E-state index contributed by atoms with van der Waals surface area (Å²) in [5, 5.41) is 10.6. The van der Waals surface area contributed by atoms with Crippen LogP contribution in [0.4, 0.5) is 5.13 Å². The average Bonchev–Trinajstić information content (AvgIpc) is 2.99. The van der Waals surface area contributed by atoms with E-state index in [-0.39, 0.29) is 32.2 Å². The second-order valence-corrected chi connectivity index (χ2v) is 6.68. The van der Waals surface area contributed by atoms with Crippen LogP contribution in [0.1, 0.15) is 12.6 Å². The van der Waals surface area contributed by atoms with Crippen LogP contribution in [0.25, 0.3) is 5.57 Å². The number of aliphatic carboxylic acids is 1. The van der Waals surface area contributed by atoms with Crippen molar-refractivity contribution in [2.45, 2.75) is 6.92 Å². The number of thioether (sulfide) groups is 1. The molecule has 0 aliphatic carbocycles. The van der Waals surface area contributed by atoms with Crippen molar-refractivity contribution < 1.29 is 24.2 Å². The zero-order valence-electron chi connectivity index (χ0n) is 11.8. The number of carboxylic acid groups (broad SMARTS) is 1. The van der Waals surface area contributed by atoms with Gasteiger partial charge in [0.1, 0.15) is 16.4 Å². The SMILES string of the molecule is CCOC(=O)/C(=C1/SC(=S)N(CC(=O)O)C1=O)c1csc(N)n1. The Hall–Kier alpha value is -1.98. The maximum Gasteiger partial charge on any atom is 0.341 e. The van der Waals surface area contributed by atoms with Gasteiger partial charge in [0.15, 0.2) is 5.13 Å². The molecule has 1 amide bonds. The first-order valence-corrected chi connectivity index (χ1v) is 8.33. The van der Waals surface area contributed by atoms with Crippen molar-refractivity contribution >= 4 is 68.2 Å². The van der Waals surface area contributed by atoms with Crippen LogP contribution in [-0.2, 0) is 19.1 Å². The molecule has 1 fully saturated rings. The molecule has 0 bridgehead atoms. The van der Waals surface area contributed by atoms with Gasteiger partial charge in [0.25, 0.3) is 5.91 Å². The fourth-order valence-electron chi connectivity index (χ4n) is 1.74. The minimum Gasteiger partial charge on any atom is -0.480 e. The molecule has 2 heterocycles. The minimum atomic E-state index is -1.21. The van der Waals surface area contributed by atoms with Gasteiger partial charge in [0.2, 0.25) is 0 Å². The number of rotatable bonds is 5. The third kappa shape index (κ3) is 3.68. The third-order valence-corrected chi connectivity index (χ3v) is 4.75. The second kappa shape index (κ2) is 7.06. The molecule has 0 atom stereocenters. The monoisotopic (exact) mass is 373 g/mol. The molecule has 0 unspecified atom stereocenters. The molecule has 1 saturated heterocycles. The second-order valence-electron chi connectivity index (χ2n) is 4.15. The quantitative estimate of drug-likeness (QED) is 0.441. The van der Waals surface area contributed by atoms with Crippen molar-refractivity contribution in [2.75, 3.05) is 18.9 Å². The fraction of sp³-hybridized carbons (Fsp3) is 0.250. The molecule has 0 spiro atoms. The number of nitrogens with two attached hydrogens (primary N) is 1. The van der Waals surface area contributed by atoms with E-state index in [4.69, 9.17) is 27.8 Å². The first-order valence-electron chi connectivity index (χ1n) is 6.23. The number of thiocarbonyl (C=S) groups is 1. The van der Waals surface area contributed by atoms with Crippen LogP contribution in [0, 0.1) is 0 Å². The van der Waals surface area contributed by atoms with Crippen molar-refractivity contribution in [3.8, 4) is 0 Å². The average molecular weight is 373 g/mol. The number of carbonyl (C=O) groups is 3. The predicted octanol–water partition coefficient (Wildman–Crippen LogP) is 0.944. The lowest BCUT2D eigenvalue weighted by Crippen LogP contribution is -2.33. The highest BCUT2D eigenvalue weighted by atomic mass is 32.2. The molecule has 23 heavy (non-hydrogen) atoms. The van der Waals surface area contributed by atoms with E-state index < -0.39 is 24.4 Å². The molecule has 1 aromatic rings. The van der Waals surface area contributed by atoms with E-state index >= 15 is 0 Å². The summed E-state index contributed by atoms with van der Waals surface area (Å²) >= 11 is 6.96. The molecule has 1 aliphatic heterocycles. The molecule has 0 radical (unpaired) electrons. The van der Waals surface area contributed by atoms with Gasteiger partial charge in [-0.1, -0.05) is 24.0 Å². The van der Waals surface area contributed by atoms with E-state index in [1.54, 1.807) is 6.92 Å². The molecule has 122 valence electrons. The lowest BCUT2D eigenvalue weighted by Gasteiger charge is -2.11. The number of hydrogen-bond acceptors (Lipinski definition) is 9. The number of nitrogen functional groups attached to an aromatic ring is 1. The summed E-state index contributed by atoms with van der Waals surface area (Å²) in [6, 6.07) is 0. The van der Waals surface area contributed by atoms with Gasteiger partial charge in [-0.2, -0.15) is 0 Å². The molecule has 8 nitrogen and oxygen atoms in total. The molecular formula is C12H11N3O5S3. The number of amides is 1. The first kappa shape index (κ1) is 17.4. The predicted molar refractivity (Wildman–Crippen MR) is 89.6 cm³/mol. The Kier molecular flexibility index (Phi) is 5.34. The fourth-order valence-corrected chi connectivity index (χ4v) is 3.61. The Morgan fingerprint density at radius 1 is 1.52 bits per heavy atom. The summed E-state index contributed by atoms with van der Waals surface area (Å²) < 4.78 is 5.02. The Balaban J connectivity index is 2.51. The molecule has 3 N–H and O–H groups in total. The highest BCUT2D eigenvalue weighted by molar-refractivity contribution is 8.26. The van der Waals surface area contributed by atoms with Gasteiger partial charge in [0, 0.05) is 5.38 Å². The molecule has 0 aromatic carbocycles. The number of anilines is 1. The number of carbonyl (C=O) groups excluding carboxylic acids is 2. The van der Waals surface area contributed by atoms with Crippen LogP contribution in [0.5, 0.6) is 0 Å². The highest BCUT2D eigenvalue weighted by Crippen LogP contribution is 2.37. The van der Waals surface area contributed by atoms with Gasteiger partial charge in [-0.25, -0.2) is 9.78 Å². The van der Waals surface area contributed by atoms with Gasteiger partial charge in [-0.15, -0.1) is 11.3 Å². The number of esters is 1. The smallest absolute Gasteiger partial charge is 0.341 e. The summed E-state index contributed by atoms with van der Waals surface area (Å²) in [6.07, 6.45) is 0. The van der Waals surface area contributed by atoms with Crippen LogP contribution < -0.4 is 5.73 Å². The van der Waals surface area contributed by atoms with E-state index in [0.717, 1.165) is 28.0 Å².